The van der Waals surface area contributed by atoms with Crippen molar-refractivity contribution in [2.75, 3.05) is 26.7 Å². The van der Waals surface area contributed by atoms with Gasteiger partial charge in [0.1, 0.15) is 0 Å². The van der Waals surface area contributed by atoms with E-state index in [9.17, 15) is 9.59 Å². The van der Waals surface area contributed by atoms with Crippen LogP contribution in [0.3, 0.4) is 0 Å². The van der Waals surface area contributed by atoms with E-state index in [1.54, 1.807) is 4.90 Å². The van der Waals surface area contributed by atoms with Crippen LogP contribution in [-0.4, -0.2) is 54.5 Å². The van der Waals surface area contributed by atoms with E-state index in [1.807, 2.05) is 42.3 Å². The van der Waals surface area contributed by atoms with Crippen molar-refractivity contribution in [1.82, 2.24) is 15.1 Å². The number of nitrogens with zero attached hydrogens (tertiary/aromatic N) is 2. The Bertz CT molecular complexity index is 649. The molecule has 1 saturated heterocycles. The highest BCUT2D eigenvalue weighted by Gasteiger charge is 2.31. The van der Waals surface area contributed by atoms with Gasteiger partial charge in [-0.1, -0.05) is 43.2 Å². The van der Waals surface area contributed by atoms with Gasteiger partial charge in [-0.2, -0.15) is 0 Å². The van der Waals surface area contributed by atoms with Crippen LogP contribution in [0.15, 0.2) is 30.3 Å². The zero-order valence-electron chi connectivity index (χ0n) is 17.4. The zero-order chi connectivity index (χ0) is 19.9. The molecule has 162 valence electrons. The molecule has 3 N–H and O–H groups in total. The van der Waals surface area contributed by atoms with Gasteiger partial charge in [0.15, 0.2) is 0 Å². The number of nitrogens with two attached hydrogens (primary N) is 1. The predicted octanol–water partition coefficient (Wildman–Crippen LogP) is 3.01. The maximum Gasteiger partial charge on any atom is 0.320 e. The fourth-order valence-electron chi connectivity index (χ4n) is 4.48. The van der Waals surface area contributed by atoms with Gasteiger partial charge in [-0.3, -0.25) is 4.79 Å². The molecule has 0 radical (unpaired) electrons. The van der Waals surface area contributed by atoms with Crippen LogP contribution in [0.1, 0.15) is 44.1 Å². The van der Waals surface area contributed by atoms with Crippen molar-refractivity contribution in [2.24, 2.45) is 17.6 Å². The molecule has 6 nitrogen and oxygen atoms in total. The minimum absolute atomic E-state index is 0. The molecule has 1 aliphatic carbocycles. The van der Waals surface area contributed by atoms with E-state index in [1.165, 1.54) is 12.8 Å². The summed E-state index contributed by atoms with van der Waals surface area (Å²) >= 11 is 0. The summed E-state index contributed by atoms with van der Waals surface area (Å²) in [5.41, 5.74) is 7.00. The van der Waals surface area contributed by atoms with Crippen molar-refractivity contribution >= 4 is 24.3 Å². The molecule has 2 fully saturated rings. The molecule has 1 aromatic carbocycles. The molecule has 2 atom stereocenters. The molecule has 3 rings (SSSR count). The molecule has 1 heterocycles. The van der Waals surface area contributed by atoms with E-state index in [0.29, 0.717) is 32.1 Å². The molecule has 0 bridgehead atoms. The monoisotopic (exact) mass is 422 g/mol. The summed E-state index contributed by atoms with van der Waals surface area (Å²) in [7, 11) is 1.84. The van der Waals surface area contributed by atoms with E-state index in [0.717, 1.165) is 31.2 Å². The molecule has 0 aromatic heterocycles. The van der Waals surface area contributed by atoms with Crippen molar-refractivity contribution in [2.45, 2.75) is 51.1 Å². The molecule has 7 heteroatoms. The van der Waals surface area contributed by atoms with Gasteiger partial charge in [0.05, 0.1) is 0 Å². The van der Waals surface area contributed by atoms with Gasteiger partial charge in [-0.05, 0) is 43.7 Å². The first kappa shape index (κ1) is 23.5. The van der Waals surface area contributed by atoms with Crippen LogP contribution in [0.25, 0.3) is 0 Å². The van der Waals surface area contributed by atoms with Crippen LogP contribution < -0.4 is 11.1 Å². The summed E-state index contributed by atoms with van der Waals surface area (Å²) in [4.78, 5) is 29.1. The first-order chi connectivity index (χ1) is 13.6. The summed E-state index contributed by atoms with van der Waals surface area (Å²) in [6, 6.07) is 10.3. The van der Waals surface area contributed by atoms with Crippen LogP contribution in [-0.2, 0) is 11.3 Å². The third-order valence-corrected chi connectivity index (χ3v) is 6.26. The number of urea groups is 1. The number of benzene rings is 1. The normalized spacial score (nSPS) is 22.5. The average Bonchev–Trinajstić information content (AvgIpc) is 2.74. The van der Waals surface area contributed by atoms with E-state index >= 15 is 0 Å². The molecular weight excluding hydrogens is 388 g/mol. The molecule has 1 aromatic rings. The quantitative estimate of drug-likeness (QED) is 0.765. The lowest BCUT2D eigenvalue weighted by atomic mass is 9.84. The second-order valence-electron chi connectivity index (χ2n) is 8.28. The molecule has 0 spiro atoms. The van der Waals surface area contributed by atoms with Gasteiger partial charge in [0.25, 0.3) is 0 Å². The Labute approximate surface area is 180 Å². The highest BCUT2D eigenvalue weighted by Crippen LogP contribution is 2.25. The Hall–Kier alpha value is -1.79. The summed E-state index contributed by atoms with van der Waals surface area (Å²) < 4.78 is 0. The van der Waals surface area contributed by atoms with Crippen LogP contribution >= 0.6 is 12.4 Å². The van der Waals surface area contributed by atoms with Crippen molar-refractivity contribution < 1.29 is 9.59 Å². The van der Waals surface area contributed by atoms with E-state index < -0.39 is 0 Å². The number of carbonyl (C=O) groups excluding carboxylic acids is 2. The van der Waals surface area contributed by atoms with E-state index in [2.05, 4.69) is 5.32 Å². The molecule has 2 aliphatic rings. The maximum atomic E-state index is 12.7. The summed E-state index contributed by atoms with van der Waals surface area (Å²) in [6.07, 6.45) is 6.00. The Morgan fingerprint density at radius 3 is 2.41 bits per heavy atom. The van der Waals surface area contributed by atoms with Crippen LogP contribution in [0.4, 0.5) is 4.79 Å². The number of hydrogen-bond acceptors (Lipinski definition) is 3. The third kappa shape index (κ3) is 6.34. The largest absolute Gasteiger partial charge is 0.353 e. The van der Waals surface area contributed by atoms with E-state index in [4.69, 9.17) is 5.73 Å². The first-order valence-corrected chi connectivity index (χ1v) is 10.6. The van der Waals surface area contributed by atoms with Crippen LogP contribution in [0.5, 0.6) is 0 Å². The third-order valence-electron chi connectivity index (χ3n) is 6.26. The van der Waals surface area contributed by atoms with Gasteiger partial charge in [-0.25, -0.2) is 4.79 Å². The second-order valence-corrected chi connectivity index (χ2v) is 8.28. The van der Waals surface area contributed by atoms with Gasteiger partial charge >= 0.3 is 6.03 Å². The summed E-state index contributed by atoms with van der Waals surface area (Å²) in [5, 5.41) is 3.26. The summed E-state index contributed by atoms with van der Waals surface area (Å²) in [6.45, 7) is 2.52. The Morgan fingerprint density at radius 1 is 1.10 bits per heavy atom. The van der Waals surface area contributed by atoms with Crippen molar-refractivity contribution in [3.05, 3.63) is 35.9 Å². The number of likely N-dealkylation sites (tertiary alicyclic amines) is 1. The number of amides is 3. The lowest BCUT2D eigenvalue weighted by molar-refractivity contribution is -0.127. The minimum Gasteiger partial charge on any atom is -0.353 e. The zero-order valence-corrected chi connectivity index (χ0v) is 18.2. The topological polar surface area (TPSA) is 78.7 Å². The lowest BCUT2D eigenvalue weighted by Gasteiger charge is -2.36. The molecule has 3 amide bonds. The highest BCUT2D eigenvalue weighted by atomic mass is 35.5. The average molecular weight is 423 g/mol. The van der Waals surface area contributed by atoms with Gasteiger partial charge in [0, 0.05) is 38.6 Å². The van der Waals surface area contributed by atoms with Crippen molar-refractivity contribution in [1.29, 1.82) is 0 Å². The SMILES string of the molecule is CN(Cc1ccccc1)C(=O)N1CCC(C(=O)NC2CCCCC2CN)CC1.Cl. The number of halogens is 1. The second kappa shape index (κ2) is 11.4. The predicted molar refractivity (Wildman–Crippen MR) is 118 cm³/mol. The number of carbonyl (C=O) groups is 2. The molecule has 2 unspecified atom stereocenters. The number of piperidine rings is 1. The first-order valence-electron chi connectivity index (χ1n) is 10.6. The molecular formula is C22H35ClN4O2. The molecule has 29 heavy (non-hydrogen) atoms. The Morgan fingerprint density at radius 2 is 1.76 bits per heavy atom. The smallest absolute Gasteiger partial charge is 0.320 e. The molecule has 1 aliphatic heterocycles. The highest BCUT2D eigenvalue weighted by molar-refractivity contribution is 5.85. The fourth-order valence-corrected chi connectivity index (χ4v) is 4.48. The Kier molecular flexibility index (Phi) is 9.24. The summed E-state index contributed by atoms with van der Waals surface area (Å²) in [5.74, 6) is 0.560. The van der Waals surface area contributed by atoms with E-state index in [-0.39, 0.29) is 36.3 Å². The maximum absolute atomic E-state index is 12.7. The number of nitrogens with one attached hydrogen (secondary N) is 1. The van der Waals surface area contributed by atoms with Crippen LogP contribution in [0, 0.1) is 11.8 Å². The lowest BCUT2D eigenvalue weighted by Crippen LogP contribution is -2.50. The fraction of sp³-hybridized carbons (Fsp3) is 0.636. The molecule has 1 saturated carbocycles. The van der Waals surface area contributed by atoms with Gasteiger partial charge in [-0.15, -0.1) is 12.4 Å². The van der Waals surface area contributed by atoms with Crippen molar-refractivity contribution in [3.8, 4) is 0 Å². The Balaban J connectivity index is 0.00000300. The minimum atomic E-state index is 0. The number of hydrogen-bond donors (Lipinski definition) is 2. The van der Waals surface area contributed by atoms with Crippen LogP contribution in [0.2, 0.25) is 0 Å². The number of rotatable bonds is 5. The van der Waals surface area contributed by atoms with Gasteiger partial charge in [0.2, 0.25) is 5.91 Å². The van der Waals surface area contributed by atoms with Crippen molar-refractivity contribution in [3.63, 3.8) is 0 Å². The van der Waals surface area contributed by atoms with Gasteiger partial charge < -0.3 is 20.9 Å². The standard InChI is InChI=1S/C22H34N4O2.ClH/c1-25(16-17-7-3-2-4-8-17)22(28)26-13-11-18(12-14-26)21(27)24-20-10-6-5-9-19(20)15-23;/h2-4,7-8,18-20H,5-6,9-16,23H2,1H3,(H,24,27);1H.